The SMILES string of the molecule is O=[N+]([O-])c1cnc(NC2CCCCC2O)c(Br)c1. The fraction of sp³-hybridized carbons (Fsp3) is 0.545. The molecule has 6 nitrogen and oxygen atoms in total. The number of hydrogen-bond donors (Lipinski definition) is 2. The van der Waals surface area contributed by atoms with E-state index < -0.39 is 4.92 Å². The van der Waals surface area contributed by atoms with Crippen molar-refractivity contribution in [3.05, 3.63) is 26.9 Å². The quantitative estimate of drug-likeness (QED) is 0.660. The molecule has 1 aliphatic rings. The standard InChI is InChI=1S/C11H14BrN3O3/c12-8-5-7(15(17)18)6-13-11(8)14-9-3-1-2-4-10(9)16/h5-6,9-10,16H,1-4H2,(H,13,14). The highest BCUT2D eigenvalue weighted by atomic mass is 79.9. The molecule has 0 radical (unpaired) electrons. The molecule has 2 atom stereocenters. The van der Waals surface area contributed by atoms with Crippen molar-refractivity contribution in [2.45, 2.75) is 37.8 Å². The van der Waals surface area contributed by atoms with E-state index in [2.05, 4.69) is 26.2 Å². The minimum Gasteiger partial charge on any atom is -0.391 e. The number of halogens is 1. The Balaban J connectivity index is 2.11. The summed E-state index contributed by atoms with van der Waals surface area (Å²) in [7, 11) is 0. The second kappa shape index (κ2) is 5.62. The molecule has 1 saturated carbocycles. The van der Waals surface area contributed by atoms with Crippen molar-refractivity contribution in [1.82, 2.24) is 4.98 Å². The fourth-order valence-corrected chi connectivity index (χ4v) is 2.54. The summed E-state index contributed by atoms with van der Waals surface area (Å²) >= 11 is 3.25. The Morgan fingerprint density at radius 2 is 2.22 bits per heavy atom. The van der Waals surface area contributed by atoms with E-state index in [0.29, 0.717) is 10.3 Å². The molecule has 1 fully saturated rings. The second-order valence-electron chi connectivity index (χ2n) is 4.38. The van der Waals surface area contributed by atoms with Gasteiger partial charge in [0.1, 0.15) is 12.0 Å². The summed E-state index contributed by atoms with van der Waals surface area (Å²) in [5.74, 6) is 0.534. The number of pyridine rings is 1. The largest absolute Gasteiger partial charge is 0.391 e. The van der Waals surface area contributed by atoms with Crippen LogP contribution in [0, 0.1) is 10.1 Å². The average Bonchev–Trinajstić information content (AvgIpc) is 2.34. The van der Waals surface area contributed by atoms with E-state index in [4.69, 9.17) is 0 Å². The van der Waals surface area contributed by atoms with Gasteiger partial charge in [-0.25, -0.2) is 4.98 Å². The third-order valence-corrected chi connectivity index (χ3v) is 3.69. The predicted molar refractivity (Wildman–Crippen MR) is 70.5 cm³/mol. The van der Waals surface area contributed by atoms with Gasteiger partial charge in [0, 0.05) is 6.07 Å². The van der Waals surface area contributed by atoms with E-state index >= 15 is 0 Å². The first kappa shape index (κ1) is 13.2. The van der Waals surface area contributed by atoms with Crippen molar-refractivity contribution in [3.63, 3.8) is 0 Å². The van der Waals surface area contributed by atoms with E-state index in [1.807, 2.05) is 0 Å². The van der Waals surface area contributed by atoms with Crippen molar-refractivity contribution in [2.24, 2.45) is 0 Å². The lowest BCUT2D eigenvalue weighted by atomic mass is 9.92. The molecule has 2 N–H and O–H groups in total. The molecular weight excluding hydrogens is 302 g/mol. The molecule has 1 heterocycles. The number of aliphatic hydroxyl groups is 1. The van der Waals surface area contributed by atoms with Crippen LogP contribution in [-0.4, -0.2) is 27.2 Å². The molecule has 7 heteroatoms. The Bertz CT molecular complexity index is 455. The number of nitrogens with zero attached hydrogens (tertiary/aromatic N) is 2. The number of nitro groups is 1. The molecule has 0 saturated heterocycles. The van der Waals surface area contributed by atoms with Crippen LogP contribution in [0.4, 0.5) is 11.5 Å². The topological polar surface area (TPSA) is 88.3 Å². The van der Waals surface area contributed by atoms with Gasteiger partial charge in [0.25, 0.3) is 5.69 Å². The minimum atomic E-state index is -0.489. The number of anilines is 1. The molecule has 0 aromatic carbocycles. The van der Waals surface area contributed by atoms with Gasteiger partial charge in [-0.05, 0) is 28.8 Å². The first-order valence-corrected chi connectivity index (χ1v) is 6.62. The van der Waals surface area contributed by atoms with Gasteiger partial charge < -0.3 is 10.4 Å². The van der Waals surface area contributed by atoms with Gasteiger partial charge in [0.2, 0.25) is 0 Å². The molecule has 0 bridgehead atoms. The highest BCUT2D eigenvalue weighted by molar-refractivity contribution is 9.10. The van der Waals surface area contributed by atoms with Gasteiger partial charge in [-0.1, -0.05) is 12.8 Å². The number of aromatic nitrogens is 1. The highest BCUT2D eigenvalue weighted by Crippen LogP contribution is 2.28. The third kappa shape index (κ3) is 2.97. The Labute approximate surface area is 113 Å². The summed E-state index contributed by atoms with van der Waals surface area (Å²) < 4.78 is 0.537. The lowest BCUT2D eigenvalue weighted by Gasteiger charge is -2.28. The van der Waals surface area contributed by atoms with Crippen molar-refractivity contribution >= 4 is 27.4 Å². The molecule has 2 rings (SSSR count). The Kier molecular flexibility index (Phi) is 4.13. The number of aliphatic hydroxyl groups excluding tert-OH is 1. The summed E-state index contributed by atoms with van der Waals surface area (Å²) in [6.07, 6.45) is 4.59. The molecule has 98 valence electrons. The van der Waals surface area contributed by atoms with E-state index in [1.165, 1.54) is 12.3 Å². The van der Waals surface area contributed by atoms with Crippen LogP contribution in [0.15, 0.2) is 16.7 Å². The zero-order valence-electron chi connectivity index (χ0n) is 9.67. The van der Waals surface area contributed by atoms with Crippen LogP contribution >= 0.6 is 15.9 Å². The average molecular weight is 316 g/mol. The summed E-state index contributed by atoms with van der Waals surface area (Å²) in [6, 6.07) is 1.37. The van der Waals surface area contributed by atoms with E-state index in [-0.39, 0.29) is 17.8 Å². The Hall–Kier alpha value is -1.21. The van der Waals surface area contributed by atoms with Crippen molar-refractivity contribution < 1.29 is 10.0 Å². The van der Waals surface area contributed by atoms with Crippen LogP contribution in [0.2, 0.25) is 0 Å². The van der Waals surface area contributed by atoms with Gasteiger partial charge in [-0.3, -0.25) is 10.1 Å². The van der Waals surface area contributed by atoms with Gasteiger partial charge in [-0.2, -0.15) is 0 Å². The lowest BCUT2D eigenvalue weighted by molar-refractivity contribution is -0.385. The van der Waals surface area contributed by atoms with Crippen LogP contribution in [-0.2, 0) is 0 Å². The van der Waals surface area contributed by atoms with Crippen molar-refractivity contribution in [1.29, 1.82) is 0 Å². The molecule has 2 unspecified atom stereocenters. The molecular formula is C11H14BrN3O3. The van der Waals surface area contributed by atoms with Crippen LogP contribution in [0.5, 0.6) is 0 Å². The molecule has 1 aliphatic carbocycles. The maximum atomic E-state index is 10.6. The summed E-state index contributed by atoms with van der Waals surface area (Å²) in [6.45, 7) is 0. The first-order chi connectivity index (χ1) is 8.58. The normalized spacial score (nSPS) is 23.7. The third-order valence-electron chi connectivity index (χ3n) is 3.09. The number of hydrogen-bond acceptors (Lipinski definition) is 5. The van der Waals surface area contributed by atoms with Crippen molar-refractivity contribution in [3.8, 4) is 0 Å². The number of rotatable bonds is 3. The summed E-state index contributed by atoms with van der Waals surface area (Å²) in [4.78, 5) is 14.1. The van der Waals surface area contributed by atoms with Gasteiger partial charge in [-0.15, -0.1) is 0 Å². The monoisotopic (exact) mass is 315 g/mol. The minimum absolute atomic E-state index is 0.0380. The smallest absolute Gasteiger partial charge is 0.288 e. The van der Waals surface area contributed by atoms with Crippen molar-refractivity contribution in [2.75, 3.05) is 5.32 Å². The van der Waals surface area contributed by atoms with Crippen LogP contribution < -0.4 is 5.32 Å². The van der Waals surface area contributed by atoms with Gasteiger partial charge in [0.15, 0.2) is 0 Å². The van der Waals surface area contributed by atoms with E-state index in [9.17, 15) is 15.2 Å². The zero-order chi connectivity index (χ0) is 13.1. The second-order valence-corrected chi connectivity index (χ2v) is 5.24. The molecule has 1 aromatic heterocycles. The van der Waals surface area contributed by atoms with E-state index in [1.54, 1.807) is 0 Å². The van der Waals surface area contributed by atoms with Gasteiger partial charge in [0.05, 0.1) is 21.5 Å². The first-order valence-electron chi connectivity index (χ1n) is 5.82. The molecule has 0 amide bonds. The maximum absolute atomic E-state index is 10.6. The lowest BCUT2D eigenvalue weighted by Crippen LogP contribution is -2.36. The van der Waals surface area contributed by atoms with Gasteiger partial charge >= 0.3 is 0 Å². The Morgan fingerprint density at radius 3 is 2.83 bits per heavy atom. The molecule has 18 heavy (non-hydrogen) atoms. The summed E-state index contributed by atoms with van der Waals surface area (Å²) in [5, 5.41) is 23.6. The fourth-order valence-electron chi connectivity index (χ4n) is 2.09. The molecule has 0 spiro atoms. The molecule has 0 aliphatic heterocycles. The van der Waals surface area contributed by atoms with Crippen LogP contribution in [0.3, 0.4) is 0 Å². The van der Waals surface area contributed by atoms with E-state index in [0.717, 1.165) is 25.7 Å². The predicted octanol–water partition coefficient (Wildman–Crippen LogP) is 2.47. The zero-order valence-corrected chi connectivity index (χ0v) is 11.3. The highest BCUT2D eigenvalue weighted by Gasteiger charge is 2.24. The molecule has 1 aromatic rings. The Morgan fingerprint density at radius 1 is 1.50 bits per heavy atom. The summed E-state index contributed by atoms with van der Waals surface area (Å²) in [5.41, 5.74) is -0.0587. The van der Waals surface area contributed by atoms with Crippen LogP contribution in [0.25, 0.3) is 0 Å². The van der Waals surface area contributed by atoms with Crippen LogP contribution in [0.1, 0.15) is 25.7 Å². The number of nitrogens with one attached hydrogen (secondary N) is 1. The maximum Gasteiger partial charge on any atom is 0.288 e.